The van der Waals surface area contributed by atoms with Crippen molar-refractivity contribution in [3.63, 3.8) is 0 Å². The first-order valence-corrected chi connectivity index (χ1v) is 7.26. The van der Waals surface area contributed by atoms with Crippen LogP contribution in [0.1, 0.15) is 0 Å². The first-order chi connectivity index (χ1) is 11.0. The number of nitro benzene ring substituents is 1. The van der Waals surface area contributed by atoms with E-state index in [9.17, 15) is 24.8 Å². The van der Waals surface area contributed by atoms with E-state index in [0.29, 0.717) is 16.0 Å². The van der Waals surface area contributed by atoms with E-state index in [1.165, 1.54) is 29.5 Å². The largest absolute Gasteiger partial charge is 0.548 e. The normalized spacial score (nSPS) is 10.8. The highest BCUT2D eigenvalue weighted by Crippen LogP contribution is 2.32. The molecule has 116 valence electrons. The van der Waals surface area contributed by atoms with Crippen molar-refractivity contribution in [2.24, 2.45) is 0 Å². The molecule has 0 aliphatic rings. The van der Waals surface area contributed by atoms with Crippen molar-refractivity contribution in [2.75, 3.05) is 0 Å². The minimum Gasteiger partial charge on any atom is -0.548 e. The third kappa shape index (κ3) is 2.69. The zero-order valence-corrected chi connectivity index (χ0v) is 12.3. The van der Waals surface area contributed by atoms with E-state index >= 15 is 0 Å². The molecule has 0 aliphatic heterocycles. The van der Waals surface area contributed by atoms with Crippen LogP contribution in [0.5, 0.6) is 0 Å². The van der Waals surface area contributed by atoms with Gasteiger partial charge in [0.05, 0.1) is 29.2 Å². The molecule has 3 rings (SSSR count). The van der Waals surface area contributed by atoms with Crippen LogP contribution >= 0.6 is 11.3 Å². The molecular weight excluding hydrogens is 322 g/mol. The molecule has 0 saturated heterocycles. The third-order valence-corrected chi connectivity index (χ3v) is 4.11. The van der Waals surface area contributed by atoms with Crippen molar-refractivity contribution in [3.05, 3.63) is 56.4 Å². The minimum absolute atomic E-state index is 0.0965. The van der Waals surface area contributed by atoms with Crippen molar-refractivity contribution in [1.82, 2.24) is 9.55 Å². The van der Waals surface area contributed by atoms with Gasteiger partial charge in [-0.15, -0.1) is 11.3 Å². The molecule has 0 atom stereocenters. The van der Waals surface area contributed by atoms with Crippen LogP contribution in [0.4, 0.5) is 5.69 Å². The second-order valence-electron chi connectivity index (χ2n) is 4.69. The summed E-state index contributed by atoms with van der Waals surface area (Å²) in [6.45, 7) is -0.605. The standard InChI is InChI=1S/C14H9N3O5S/c18-11(19)5-16-7-15-13-12(14(16)20)10(6-23-13)8-2-1-3-9(4-8)17(21)22/h1-4,6-7H,5H2,(H,18,19)/p-1. The molecule has 23 heavy (non-hydrogen) atoms. The maximum Gasteiger partial charge on any atom is 0.270 e. The first kappa shape index (κ1) is 14.9. The summed E-state index contributed by atoms with van der Waals surface area (Å²) in [6.07, 6.45) is 1.15. The van der Waals surface area contributed by atoms with Crippen molar-refractivity contribution in [3.8, 4) is 11.1 Å². The lowest BCUT2D eigenvalue weighted by Gasteiger charge is -2.06. The van der Waals surface area contributed by atoms with Gasteiger partial charge in [-0.05, 0) is 5.56 Å². The van der Waals surface area contributed by atoms with Crippen LogP contribution in [0, 0.1) is 10.1 Å². The van der Waals surface area contributed by atoms with Crippen molar-refractivity contribution in [1.29, 1.82) is 0 Å². The highest BCUT2D eigenvalue weighted by molar-refractivity contribution is 7.17. The molecule has 3 aromatic rings. The van der Waals surface area contributed by atoms with Gasteiger partial charge < -0.3 is 9.90 Å². The van der Waals surface area contributed by atoms with Crippen LogP contribution in [0.15, 0.2) is 40.8 Å². The van der Waals surface area contributed by atoms with Gasteiger partial charge in [-0.25, -0.2) is 4.98 Å². The SMILES string of the molecule is O=C([O-])Cn1cnc2scc(-c3cccc([N+](=O)[O-])c3)c2c1=O. The number of non-ortho nitro benzene ring substituents is 1. The molecule has 0 N–H and O–H groups in total. The average molecular weight is 330 g/mol. The smallest absolute Gasteiger partial charge is 0.270 e. The summed E-state index contributed by atoms with van der Waals surface area (Å²) in [6, 6.07) is 5.87. The molecule has 0 fully saturated rings. The van der Waals surface area contributed by atoms with Crippen molar-refractivity contribution < 1.29 is 14.8 Å². The van der Waals surface area contributed by atoms with Crippen LogP contribution in [-0.2, 0) is 11.3 Å². The second-order valence-corrected chi connectivity index (χ2v) is 5.54. The Hall–Kier alpha value is -3.07. The summed E-state index contributed by atoms with van der Waals surface area (Å²) < 4.78 is 0.936. The molecule has 0 amide bonds. The van der Waals surface area contributed by atoms with Gasteiger partial charge in [0.1, 0.15) is 4.83 Å². The number of benzene rings is 1. The van der Waals surface area contributed by atoms with Gasteiger partial charge >= 0.3 is 0 Å². The molecule has 0 unspecified atom stereocenters. The highest BCUT2D eigenvalue weighted by atomic mass is 32.1. The molecule has 1 aromatic carbocycles. The van der Waals surface area contributed by atoms with Crippen LogP contribution in [0.25, 0.3) is 21.3 Å². The first-order valence-electron chi connectivity index (χ1n) is 6.38. The zero-order valence-electron chi connectivity index (χ0n) is 11.5. The van der Waals surface area contributed by atoms with E-state index in [1.54, 1.807) is 11.4 Å². The maximum absolute atomic E-state index is 12.4. The van der Waals surface area contributed by atoms with Crippen molar-refractivity contribution >= 4 is 33.2 Å². The molecule has 0 spiro atoms. The summed E-state index contributed by atoms with van der Waals surface area (Å²) in [4.78, 5) is 38.0. The van der Waals surface area contributed by atoms with Gasteiger partial charge in [-0.1, -0.05) is 12.1 Å². The number of carbonyl (C=O) groups excluding carboxylic acids is 1. The summed E-state index contributed by atoms with van der Waals surface area (Å²) in [5.74, 6) is -1.40. The Balaban J connectivity index is 2.22. The topological polar surface area (TPSA) is 118 Å². The number of nitrogens with zero attached hydrogens (tertiary/aromatic N) is 3. The number of aliphatic carboxylic acids is 1. The molecule has 8 nitrogen and oxygen atoms in total. The number of thiophene rings is 1. The number of carboxylic acids is 1. The van der Waals surface area contributed by atoms with Crippen LogP contribution in [-0.4, -0.2) is 20.4 Å². The monoisotopic (exact) mass is 330 g/mol. The lowest BCUT2D eigenvalue weighted by molar-refractivity contribution is -0.384. The number of rotatable bonds is 4. The van der Waals surface area contributed by atoms with E-state index in [2.05, 4.69) is 4.98 Å². The Morgan fingerprint density at radius 1 is 1.39 bits per heavy atom. The van der Waals surface area contributed by atoms with Gasteiger partial charge in [0.2, 0.25) is 0 Å². The average Bonchev–Trinajstić information content (AvgIpc) is 2.94. The zero-order chi connectivity index (χ0) is 16.6. The Bertz CT molecular complexity index is 991. The van der Waals surface area contributed by atoms with E-state index in [1.807, 2.05) is 0 Å². The lowest BCUT2D eigenvalue weighted by atomic mass is 10.1. The van der Waals surface area contributed by atoms with Gasteiger partial charge in [-0.3, -0.25) is 19.5 Å². The van der Waals surface area contributed by atoms with E-state index < -0.39 is 23.0 Å². The molecule has 0 radical (unpaired) electrons. The lowest BCUT2D eigenvalue weighted by Crippen LogP contribution is -2.32. The summed E-state index contributed by atoms with van der Waals surface area (Å²) in [5.41, 5.74) is 0.359. The van der Waals surface area contributed by atoms with Gasteiger partial charge in [0.15, 0.2) is 0 Å². The van der Waals surface area contributed by atoms with Gasteiger partial charge in [0, 0.05) is 23.1 Å². The Labute approximate surface area is 132 Å². The predicted octanol–water partition coefficient (Wildman–Crippen LogP) is 0.783. The number of carboxylic acid groups (broad SMARTS) is 1. The number of hydrogen-bond acceptors (Lipinski definition) is 7. The Morgan fingerprint density at radius 2 is 2.17 bits per heavy atom. The number of carbonyl (C=O) groups is 1. The quantitative estimate of drug-likeness (QED) is 0.515. The molecule has 2 heterocycles. The number of nitro groups is 1. The Kier molecular flexibility index (Phi) is 3.62. The summed E-state index contributed by atoms with van der Waals surface area (Å²) in [5, 5.41) is 23.5. The Morgan fingerprint density at radius 3 is 2.87 bits per heavy atom. The molecule has 2 aromatic heterocycles. The summed E-state index contributed by atoms with van der Waals surface area (Å²) >= 11 is 1.21. The van der Waals surface area contributed by atoms with Crippen LogP contribution in [0.3, 0.4) is 0 Å². The molecule has 0 saturated carbocycles. The highest BCUT2D eigenvalue weighted by Gasteiger charge is 2.15. The van der Waals surface area contributed by atoms with Crippen LogP contribution < -0.4 is 10.7 Å². The number of aromatic nitrogens is 2. The van der Waals surface area contributed by atoms with E-state index in [-0.39, 0.29) is 11.1 Å². The molecule has 9 heteroatoms. The fraction of sp³-hybridized carbons (Fsp3) is 0.0714. The third-order valence-electron chi connectivity index (χ3n) is 3.23. The molecular formula is C14H8N3O5S-. The van der Waals surface area contributed by atoms with Gasteiger partial charge in [0.25, 0.3) is 11.2 Å². The molecule has 0 aliphatic carbocycles. The predicted molar refractivity (Wildman–Crippen MR) is 81.0 cm³/mol. The minimum atomic E-state index is -1.40. The number of fused-ring (bicyclic) bond motifs is 1. The summed E-state index contributed by atoms with van der Waals surface area (Å²) in [7, 11) is 0. The van der Waals surface area contributed by atoms with E-state index in [0.717, 1.165) is 10.9 Å². The van der Waals surface area contributed by atoms with Crippen LogP contribution in [0.2, 0.25) is 0 Å². The van der Waals surface area contributed by atoms with Crippen molar-refractivity contribution in [2.45, 2.75) is 6.54 Å². The second kappa shape index (κ2) is 5.61. The van der Waals surface area contributed by atoms with E-state index in [4.69, 9.17) is 0 Å². The van der Waals surface area contributed by atoms with Gasteiger partial charge in [-0.2, -0.15) is 0 Å². The maximum atomic E-state index is 12.4. The fourth-order valence-corrected chi connectivity index (χ4v) is 3.13. The number of hydrogen-bond donors (Lipinski definition) is 0. The molecule has 0 bridgehead atoms. The fourth-order valence-electron chi connectivity index (χ4n) is 2.22.